The molecule has 3 heterocycles. The van der Waals surface area contributed by atoms with Gasteiger partial charge >= 0.3 is 0 Å². The minimum absolute atomic E-state index is 0.126. The maximum absolute atomic E-state index is 12.8. The number of H-pyrrole nitrogens is 1. The Morgan fingerprint density at radius 3 is 2.59 bits per heavy atom. The molecule has 22 heavy (non-hydrogen) atoms. The molecule has 0 aliphatic carbocycles. The monoisotopic (exact) mass is 297 g/mol. The van der Waals surface area contributed by atoms with Crippen LogP contribution in [0.4, 0.5) is 0 Å². The maximum atomic E-state index is 12.8. The van der Waals surface area contributed by atoms with Crippen molar-refractivity contribution in [3.8, 4) is 0 Å². The fraction of sp³-hybridized carbons (Fsp3) is 0.412. The summed E-state index contributed by atoms with van der Waals surface area (Å²) in [5.41, 5.74) is 1.58. The summed E-state index contributed by atoms with van der Waals surface area (Å²) < 4.78 is 0. The molecule has 5 heteroatoms. The largest absolute Gasteiger partial charge is 0.338 e. The minimum atomic E-state index is -0.281. The van der Waals surface area contributed by atoms with Gasteiger partial charge in [-0.3, -0.25) is 9.59 Å². The van der Waals surface area contributed by atoms with E-state index in [1.807, 2.05) is 36.1 Å². The molecular formula is C17H19N3O2. The molecule has 5 nitrogen and oxygen atoms in total. The summed E-state index contributed by atoms with van der Waals surface area (Å²) in [7, 11) is 0. The average Bonchev–Trinajstić information content (AvgIpc) is 3.08. The number of amides is 1. The van der Waals surface area contributed by atoms with Crippen molar-refractivity contribution in [3.05, 3.63) is 45.7 Å². The van der Waals surface area contributed by atoms with Gasteiger partial charge in [-0.25, -0.2) is 0 Å². The molecule has 0 radical (unpaired) electrons. The third-order valence-corrected chi connectivity index (χ3v) is 5.07. The molecule has 1 aromatic heterocycles. The second kappa shape index (κ2) is 4.95. The number of pyridine rings is 1. The normalized spacial score (nSPS) is 24.0. The molecule has 114 valence electrons. The molecule has 0 saturated carbocycles. The lowest BCUT2D eigenvalue weighted by Crippen LogP contribution is -2.36. The number of hydrogen-bond donors (Lipinski definition) is 2. The maximum Gasteiger partial charge on any atom is 0.261 e. The number of rotatable bonds is 1. The lowest BCUT2D eigenvalue weighted by molar-refractivity contribution is 0.0779. The van der Waals surface area contributed by atoms with Crippen LogP contribution in [-0.4, -0.2) is 42.0 Å². The van der Waals surface area contributed by atoms with E-state index < -0.39 is 0 Å². The van der Waals surface area contributed by atoms with Gasteiger partial charge in [0.15, 0.2) is 0 Å². The van der Waals surface area contributed by atoms with Gasteiger partial charge in [-0.05, 0) is 30.4 Å². The van der Waals surface area contributed by atoms with Gasteiger partial charge in [0.2, 0.25) is 0 Å². The van der Waals surface area contributed by atoms with Crippen molar-refractivity contribution in [3.63, 3.8) is 0 Å². The molecule has 0 unspecified atom stereocenters. The van der Waals surface area contributed by atoms with Crippen LogP contribution in [0, 0.1) is 18.8 Å². The predicted octanol–water partition coefficient (Wildman–Crippen LogP) is 1.13. The van der Waals surface area contributed by atoms with Crippen LogP contribution < -0.4 is 10.9 Å². The van der Waals surface area contributed by atoms with E-state index in [-0.39, 0.29) is 11.5 Å². The first-order valence-corrected chi connectivity index (χ1v) is 7.77. The van der Waals surface area contributed by atoms with Crippen LogP contribution in [0.5, 0.6) is 0 Å². The Balaban J connectivity index is 1.74. The van der Waals surface area contributed by atoms with Crippen molar-refractivity contribution in [2.45, 2.75) is 6.92 Å². The summed E-state index contributed by atoms with van der Waals surface area (Å²) in [5, 5.41) is 4.30. The van der Waals surface area contributed by atoms with Crippen molar-refractivity contribution in [2.75, 3.05) is 26.2 Å². The van der Waals surface area contributed by atoms with Crippen LogP contribution in [0.3, 0.4) is 0 Å². The number of carbonyl (C=O) groups excluding carboxylic acids is 1. The van der Waals surface area contributed by atoms with Gasteiger partial charge in [-0.2, -0.15) is 0 Å². The third-order valence-electron chi connectivity index (χ3n) is 5.07. The fourth-order valence-electron chi connectivity index (χ4n) is 3.85. The van der Waals surface area contributed by atoms with Crippen LogP contribution >= 0.6 is 0 Å². The first-order valence-electron chi connectivity index (χ1n) is 7.77. The Kier molecular flexibility index (Phi) is 3.04. The van der Waals surface area contributed by atoms with Crippen molar-refractivity contribution in [1.29, 1.82) is 0 Å². The predicted molar refractivity (Wildman–Crippen MR) is 85.1 cm³/mol. The second-order valence-corrected chi connectivity index (χ2v) is 6.39. The molecule has 2 aliphatic heterocycles. The number of hydrogen-bond acceptors (Lipinski definition) is 3. The van der Waals surface area contributed by atoms with E-state index in [2.05, 4.69) is 10.3 Å². The lowest BCUT2D eigenvalue weighted by atomic mass is 10.0. The van der Waals surface area contributed by atoms with Crippen molar-refractivity contribution < 1.29 is 4.79 Å². The number of benzene rings is 1. The summed E-state index contributed by atoms with van der Waals surface area (Å²) in [6.45, 7) is 5.32. The van der Waals surface area contributed by atoms with E-state index in [0.29, 0.717) is 17.4 Å². The van der Waals surface area contributed by atoms with E-state index in [1.165, 1.54) is 0 Å². The van der Waals surface area contributed by atoms with Gasteiger partial charge in [0.25, 0.3) is 11.5 Å². The number of nitrogens with one attached hydrogen (secondary N) is 2. The minimum Gasteiger partial charge on any atom is -0.338 e. The van der Waals surface area contributed by atoms with Gasteiger partial charge < -0.3 is 15.2 Å². The Morgan fingerprint density at radius 1 is 1.18 bits per heavy atom. The van der Waals surface area contributed by atoms with Gasteiger partial charge in [0, 0.05) is 37.1 Å². The average molecular weight is 297 g/mol. The van der Waals surface area contributed by atoms with Gasteiger partial charge in [-0.1, -0.05) is 18.2 Å². The van der Waals surface area contributed by atoms with Crippen molar-refractivity contribution in [2.24, 2.45) is 11.8 Å². The quantitative estimate of drug-likeness (QED) is 0.829. The van der Waals surface area contributed by atoms with Crippen LogP contribution in [0.15, 0.2) is 29.1 Å². The summed E-state index contributed by atoms with van der Waals surface area (Å²) in [6.07, 6.45) is 0. The number of aryl methyl sites for hydroxylation is 1. The topological polar surface area (TPSA) is 65.2 Å². The summed E-state index contributed by atoms with van der Waals surface area (Å²) in [6, 6.07) is 7.62. The number of aromatic nitrogens is 1. The number of likely N-dealkylation sites (tertiary alicyclic amines) is 1. The number of fused-ring (bicyclic) bond motifs is 2. The molecule has 1 aromatic carbocycles. The zero-order chi connectivity index (χ0) is 15.3. The van der Waals surface area contributed by atoms with Crippen LogP contribution in [0.25, 0.3) is 10.9 Å². The molecule has 0 spiro atoms. The highest BCUT2D eigenvalue weighted by molar-refractivity contribution is 6.00. The zero-order valence-electron chi connectivity index (χ0n) is 12.6. The molecule has 2 aromatic rings. The van der Waals surface area contributed by atoms with E-state index in [0.717, 1.165) is 42.6 Å². The molecule has 2 aliphatic rings. The lowest BCUT2D eigenvalue weighted by Gasteiger charge is -2.18. The molecule has 2 fully saturated rings. The van der Waals surface area contributed by atoms with Crippen LogP contribution in [-0.2, 0) is 0 Å². The Bertz CT molecular complexity index is 799. The molecule has 2 saturated heterocycles. The van der Waals surface area contributed by atoms with Crippen LogP contribution in [0.2, 0.25) is 0 Å². The van der Waals surface area contributed by atoms with E-state index in [1.54, 1.807) is 0 Å². The highest BCUT2D eigenvalue weighted by atomic mass is 16.2. The summed E-state index contributed by atoms with van der Waals surface area (Å²) in [5.74, 6) is 0.937. The second-order valence-electron chi connectivity index (χ2n) is 6.39. The SMILES string of the molecule is Cc1c(C(=O)N2C[C@H]3CNC[C@H]3C2)c(=O)[nH]c2ccccc12. The molecule has 1 amide bonds. The number of carbonyl (C=O) groups is 1. The molecule has 2 N–H and O–H groups in total. The number of aromatic amines is 1. The molecular weight excluding hydrogens is 278 g/mol. The Morgan fingerprint density at radius 2 is 1.86 bits per heavy atom. The van der Waals surface area contributed by atoms with E-state index >= 15 is 0 Å². The number of nitrogens with zero attached hydrogens (tertiary/aromatic N) is 1. The van der Waals surface area contributed by atoms with Crippen molar-refractivity contribution in [1.82, 2.24) is 15.2 Å². The third kappa shape index (κ3) is 1.96. The molecule has 0 bridgehead atoms. The van der Waals surface area contributed by atoms with Gasteiger partial charge in [0.1, 0.15) is 5.56 Å². The first-order chi connectivity index (χ1) is 10.6. The molecule has 2 atom stereocenters. The van der Waals surface area contributed by atoms with Crippen LogP contribution in [0.1, 0.15) is 15.9 Å². The van der Waals surface area contributed by atoms with Gasteiger partial charge in [-0.15, -0.1) is 0 Å². The van der Waals surface area contributed by atoms with Gasteiger partial charge in [0.05, 0.1) is 0 Å². The highest BCUT2D eigenvalue weighted by Gasteiger charge is 2.39. The first kappa shape index (κ1) is 13.5. The standard InChI is InChI=1S/C17H19N3O2/c1-10-13-4-2-3-5-14(13)19-16(21)15(10)17(22)20-8-11-6-18-7-12(11)9-20/h2-5,11-12,18H,6-9H2,1H3,(H,19,21)/t11-,12+. The Hall–Kier alpha value is -2.14. The summed E-state index contributed by atoms with van der Waals surface area (Å²) >= 11 is 0. The number of para-hydroxylation sites is 1. The van der Waals surface area contributed by atoms with Crippen molar-refractivity contribution >= 4 is 16.8 Å². The smallest absolute Gasteiger partial charge is 0.261 e. The highest BCUT2D eigenvalue weighted by Crippen LogP contribution is 2.28. The zero-order valence-corrected chi connectivity index (χ0v) is 12.6. The van der Waals surface area contributed by atoms with E-state index in [9.17, 15) is 9.59 Å². The fourth-order valence-corrected chi connectivity index (χ4v) is 3.85. The van der Waals surface area contributed by atoms with E-state index in [4.69, 9.17) is 0 Å². The Labute approximate surface area is 128 Å². The summed E-state index contributed by atoms with van der Waals surface area (Å²) in [4.78, 5) is 29.9. The molecule has 4 rings (SSSR count).